The van der Waals surface area contributed by atoms with Crippen molar-refractivity contribution in [3.63, 3.8) is 0 Å². The topological polar surface area (TPSA) is 77.5 Å². The molecule has 1 aromatic rings. The summed E-state index contributed by atoms with van der Waals surface area (Å²) in [4.78, 5) is 49.4. The first-order valence-corrected chi connectivity index (χ1v) is 7.03. The predicted octanol–water partition coefficient (Wildman–Crippen LogP) is 1.84. The van der Waals surface area contributed by atoms with Crippen molar-refractivity contribution in [1.29, 1.82) is 0 Å². The van der Waals surface area contributed by atoms with Gasteiger partial charge in [0, 0.05) is 12.0 Å². The van der Waals surface area contributed by atoms with Gasteiger partial charge in [0.2, 0.25) is 0 Å². The molecule has 0 unspecified atom stereocenters. The Morgan fingerprint density at radius 2 is 1.73 bits per heavy atom. The van der Waals surface area contributed by atoms with E-state index in [2.05, 4.69) is 4.74 Å². The summed E-state index contributed by atoms with van der Waals surface area (Å²) in [5.74, 6) is -4.88. The number of carbonyl (C=O) groups excluding carboxylic acids is 4. The van der Waals surface area contributed by atoms with Gasteiger partial charge < -0.3 is 4.74 Å². The van der Waals surface area contributed by atoms with Gasteiger partial charge in [-0.2, -0.15) is 0 Å². The molecule has 5 heteroatoms. The minimum Gasteiger partial charge on any atom is -0.468 e. The van der Waals surface area contributed by atoms with Crippen LogP contribution in [0.1, 0.15) is 30.6 Å². The molecule has 0 radical (unpaired) electrons. The van der Waals surface area contributed by atoms with Gasteiger partial charge in [0.05, 0.1) is 7.11 Å². The van der Waals surface area contributed by atoms with Crippen molar-refractivity contribution < 1.29 is 23.9 Å². The minimum atomic E-state index is -1.42. The van der Waals surface area contributed by atoms with Crippen molar-refractivity contribution >= 4 is 23.3 Å². The Bertz CT molecular complexity index is 630. The zero-order valence-corrected chi connectivity index (χ0v) is 12.8. The summed E-state index contributed by atoms with van der Waals surface area (Å²) in [6, 6.07) is 8.16. The molecule has 2 atom stereocenters. The van der Waals surface area contributed by atoms with E-state index >= 15 is 0 Å². The fourth-order valence-electron chi connectivity index (χ4n) is 2.96. The molecule has 22 heavy (non-hydrogen) atoms. The minimum absolute atomic E-state index is 0.0122. The number of hydrogen-bond donors (Lipinski definition) is 0. The fourth-order valence-corrected chi connectivity index (χ4v) is 2.96. The van der Waals surface area contributed by atoms with Gasteiger partial charge in [-0.15, -0.1) is 0 Å². The third-order valence-corrected chi connectivity index (χ3v) is 4.06. The lowest BCUT2D eigenvalue weighted by Gasteiger charge is -2.37. The second-order valence-corrected chi connectivity index (χ2v) is 6.15. The summed E-state index contributed by atoms with van der Waals surface area (Å²) in [6.07, 6.45) is -0.0122. The number of ether oxygens (including phenoxy) is 1. The first kappa shape index (κ1) is 16.1. The summed E-state index contributed by atoms with van der Waals surface area (Å²) in [6.45, 7) is 3.32. The third-order valence-electron chi connectivity index (χ3n) is 4.06. The average Bonchev–Trinajstić information content (AvgIpc) is 2.46. The lowest BCUT2D eigenvalue weighted by molar-refractivity contribution is -0.159. The highest BCUT2D eigenvalue weighted by molar-refractivity contribution is 6.28. The van der Waals surface area contributed by atoms with E-state index in [-0.39, 0.29) is 12.0 Å². The first-order chi connectivity index (χ1) is 10.3. The number of rotatable bonds is 3. The molecule has 0 amide bonds. The van der Waals surface area contributed by atoms with E-state index in [9.17, 15) is 19.2 Å². The second kappa shape index (κ2) is 5.83. The summed E-state index contributed by atoms with van der Waals surface area (Å²) in [5, 5.41) is 0. The molecular weight excluding hydrogens is 284 g/mol. The van der Waals surface area contributed by atoms with Crippen molar-refractivity contribution in [1.82, 2.24) is 0 Å². The van der Waals surface area contributed by atoms with Gasteiger partial charge >= 0.3 is 5.97 Å². The van der Waals surface area contributed by atoms with Crippen LogP contribution in [0.3, 0.4) is 0 Å². The largest absolute Gasteiger partial charge is 0.468 e. The van der Waals surface area contributed by atoms with E-state index in [1.807, 2.05) is 0 Å². The number of benzene rings is 1. The summed E-state index contributed by atoms with van der Waals surface area (Å²) in [5.41, 5.74) is -0.563. The van der Waals surface area contributed by atoms with E-state index in [1.165, 1.54) is 7.11 Å². The Labute approximate surface area is 128 Å². The highest BCUT2D eigenvalue weighted by Gasteiger charge is 2.54. The molecule has 0 aliphatic heterocycles. The molecular formula is C17H18O5. The molecule has 0 spiro atoms. The van der Waals surface area contributed by atoms with Gasteiger partial charge in [0.25, 0.3) is 0 Å². The van der Waals surface area contributed by atoms with Crippen LogP contribution in [0.2, 0.25) is 0 Å². The SMILES string of the molecule is COC(=O)[C@H]1C(=O)[C@H](C(=O)c2ccccc2)C(=O)CC1(C)C. The van der Waals surface area contributed by atoms with Crippen molar-refractivity contribution in [2.75, 3.05) is 7.11 Å². The van der Waals surface area contributed by atoms with Crippen LogP contribution in [0, 0.1) is 17.3 Å². The average molecular weight is 302 g/mol. The van der Waals surface area contributed by atoms with Gasteiger partial charge in [-0.05, 0) is 5.41 Å². The highest BCUT2D eigenvalue weighted by Crippen LogP contribution is 2.40. The van der Waals surface area contributed by atoms with Crippen LogP contribution in [0.4, 0.5) is 0 Å². The van der Waals surface area contributed by atoms with Crippen molar-refractivity contribution in [2.45, 2.75) is 20.3 Å². The number of Topliss-reactive ketones (excluding diaryl/α,β-unsaturated/α-hetero) is 3. The van der Waals surface area contributed by atoms with Crippen molar-refractivity contribution in [2.24, 2.45) is 17.3 Å². The number of esters is 1. The van der Waals surface area contributed by atoms with Crippen LogP contribution in [-0.4, -0.2) is 30.4 Å². The van der Waals surface area contributed by atoms with Crippen LogP contribution in [0.5, 0.6) is 0 Å². The number of ketones is 3. The molecule has 0 aromatic heterocycles. The lowest BCUT2D eigenvalue weighted by atomic mass is 9.63. The quantitative estimate of drug-likeness (QED) is 0.484. The molecule has 0 bridgehead atoms. The van der Waals surface area contributed by atoms with Gasteiger partial charge in [-0.25, -0.2) is 0 Å². The number of methoxy groups -OCH3 is 1. The Balaban J connectivity index is 2.40. The molecule has 5 nitrogen and oxygen atoms in total. The number of hydrogen-bond acceptors (Lipinski definition) is 5. The molecule has 0 saturated heterocycles. The zero-order chi connectivity index (χ0) is 16.5. The molecule has 0 N–H and O–H groups in total. The molecule has 1 saturated carbocycles. The maximum Gasteiger partial charge on any atom is 0.316 e. The van der Waals surface area contributed by atoms with E-state index in [0.717, 1.165) is 0 Å². The predicted molar refractivity (Wildman–Crippen MR) is 78.2 cm³/mol. The molecule has 116 valence electrons. The van der Waals surface area contributed by atoms with Crippen LogP contribution < -0.4 is 0 Å². The summed E-state index contributed by atoms with van der Waals surface area (Å²) >= 11 is 0. The summed E-state index contributed by atoms with van der Waals surface area (Å²) < 4.78 is 4.68. The van der Waals surface area contributed by atoms with Gasteiger partial charge in [-0.3, -0.25) is 19.2 Å². The molecule has 2 rings (SSSR count). The van der Waals surface area contributed by atoms with Gasteiger partial charge in [0.1, 0.15) is 11.8 Å². The number of carbonyl (C=O) groups is 4. The highest BCUT2D eigenvalue weighted by atomic mass is 16.5. The Kier molecular flexibility index (Phi) is 4.26. The molecule has 1 aromatic carbocycles. The molecule has 1 fully saturated rings. The monoisotopic (exact) mass is 302 g/mol. The van der Waals surface area contributed by atoms with Gasteiger partial charge in [0.15, 0.2) is 17.3 Å². The van der Waals surface area contributed by atoms with Gasteiger partial charge in [-0.1, -0.05) is 44.2 Å². The Hall–Kier alpha value is -2.30. The van der Waals surface area contributed by atoms with E-state index in [1.54, 1.807) is 44.2 Å². The lowest BCUT2D eigenvalue weighted by Crippen LogP contribution is -2.52. The van der Waals surface area contributed by atoms with Crippen LogP contribution in [0.15, 0.2) is 30.3 Å². The maximum atomic E-state index is 12.6. The maximum absolute atomic E-state index is 12.6. The van der Waals surface area contributed by atoms with Crippen LogP contribution >= 0.6 is 0 Å². The fraction of sp³-hybridized carbons (Fsp3) is 0.412. The smallest absolute Gasteiger partial charge is 0.316 e. The molecule has 1 aliphatic carbocycles. The van der Waals surface area contributed by atoms with Crippen LogP contribution in [-0.2, 0) is 19.1 Å². The molecule has 1 aliphatic rings. The van der Waals surface area contributed by atoms with E-state index in [4.69, 9.17) is 0 Å². The van der Waals surface area contributed by atoms with E-state index in [0.29, 0.717) is 0 Å². The Morgan fingerprint density at radius 3 is 2.27 bits per heavy atom. The van der Waals surface area contributed by atoms with Crippen molar-refractivity contribution in [3.8, 4) is 0 Å². The van der Waals surface area contributed by atoms with Crippen LogP contribution in [0.25, 0.3) is 0 Å². The van der Waals surface area contributed by atoms with Crippen molar-refractivity contribution in [3.05, 3.63) is 35.9 Å². The molecule has 0 heterocycles. The van der Waals surface area contributed by atoms with E-state index < -0.39 is 40.6 Å². The first-order valence-electron chi connectivity index (χ1n) is 7.03. The Morgan fingerprint density at radius 1 is 1.14 bits per heavy atom. The normalized spacial score (nSPS) is 24.0. The standard InChI is InChI=1S/C17H18O5/c1-17(2)9-11(18)12(15(20)13(17)16(21)22-3)14(19)10-7-5-4-6-8-10/h4-8,12-13H,9H2,1-3H3/t12-,13+/m0/s1. The zero-order valence-electron chi connectivity index (χ0n) is 12.8. The summed E-state index contributed by atoms with van der Waals surface area (Å²) in [7, 11) is 1.19. The second-order valence-electron chi connectivity index (χ2n) is 6.15. The third kappa shape index (κ3) is 2.71.